The van der Waals surface area contributed by atoms with E-state index in [1.807, 2.05) is 18.2 Å². The summed E-state index contributed by atoms with van der Waals surface area (Å²) in [7, 11) is 0. The van der Waals surface area contributed by atoms with Crippen molar-refractivity contribution in [3.05, 3.63) is 35.9 Å². The molecule has 1 amide bonds. The first-order chi connectivity index (χ1) is 12.6. The van der Waals surface area contributed by atoms with Gasteiger partial charge in [-0.2, -0.15) is 0 Å². The van der Waals surface area contributed by atoms with E-state index in [2.05, 4.69) is 40.3 Å². The van der Waals surface area contributed by atoms with Crippen molar-refractivity contribution < 1.29 is 4.79 Å². The molecule has 5 nitrogen and oxygen atoms in total. The minimum atomic E-state index is -0.0271. The minimum Gasteiger partial charge on any atom is -0.358 e. The maximum absolute atomic E-state index is 12.5. The van der Waals surface area contributed by atoms with Crippen molar-refractivity contribution >= 4 is 23.2 Å². The maximum Gasteiger partial charge on any atom is 0.237 e. The molecule has 1 aliphatic heterocycles. The van der Waals surface area contributed by atoms with Gasteiger partial charge in [0.15, 0.2) is 5.11 Å². The van der Waals surface area contributed by atoms with E-state index in [0.29, 0.717) is 5.11 Å². The van der Waals surface area contributed by atoms with Crippen molar-refractivity contribution in [1.29, 1.82) is 0 Å². The Morgan fingerprint density at radius 2 is 1.77 bits per heavy atom. The van der Waals surface area contributed by atoms with Crippen molar-refractivity contribution in [1.82, 2.24) is 21.3 Å². The van der Waals surface area contributed by atoms with Gasteiger partial charge in [-0.15, -0.1) is 0 Å². The number of carbonyl (C=O) groups excluding carboxylic acids is 1. The molecule has 4 atom stereocenters. The highest BCUT2D eigenvalue weighted by Gasteiger charge is 2.30. The molecule has 1 aromatic rings. The van der Waals surface area contributed by atoms with Crippen molar-refractivity contribution in [2.75, 3.05) is 6.54 Å². The molecule has 0 unspecified atom stereocenters. The van der Waals surface area contributed by atoms with Crippen molar-refractivity contribution in [2.45, 2.75) is 69.6 Å². The molecule has 1 aromatic carbocycles. The van der Waals surface area contributed by atoms with Crippen molar-refractivity contribution in [3.63, 3.8) is 0 Å². The molecule has 0 radical (unpaired) electrons. The fourth-order valence-corrected chi connectivity index (χ4v) is 4.23. The van der Waals surface area contributed by atoms with Gasteiger partial charge in [-0.05, 0) is 56.9 Å². The fourth-order valence-electron chi connectivity index (χ4n) is 3.90. The molecule has 1 saturated heterocycles. The van der Waals surface area contributed by atoms with E-state index in [1.165, 1.54) is 12.0 Å². The molecule has 1 saturated carbocycles. The lowest BCUT2D eigenvalue weighted by molar-refractivity contribution is -0.123. The van der Waals surface area contributed by atoms with Gasteiger partial charge in [0.25, 0.3) is 0 Å². The van der Waals surface area contributed by atoms with E-state index >= 15 is 0 Å². The molecule has 0 bridgehead atoms. The lowest BCUT2D eigenvalue weighted by atomic mass is 9.90. The van der Waals surface area contributed by atoms with E-state index in [9.17, 15) is 4.79 Å². The Morgan fingerprint density at radius 3 is 2.42 bits per heavy atom. The van der Waals surface area contributed by atoms with Gasteiger partial charge < -0.3 is 21.3 Å². The van der Waals surface area contributed by atoms with Crippen LogP contribution in [0.1, 0.15) is 57.1 Å². The summed E-state index contributed by atoms with van der Waals surface area (Å²) in [5.74, 6) is 0.137. The van der Waals surface area contributed by atoms with Crippen LogP contribution in [0.3, 0.4) is 0 Å². The van der Waals surface area contributed by atoms with Crippen LogP contribution in [0.2, 0.25) is 0 Å². The predicted molar refractivity (Wildman–Crippen MR) is 109 cm³/mol. The van der Waals surface area contributed by atoms with Gasteiger partial charge in [0.05, 0.1) is 12.1 Å². The summed E-state index contributed by atoms with van der Waals surface area (Å²) in [5, 5.41) is 14.0. The molecule has 6 heteroatoms. The average Bonchev–Trinajstić information content (AvgIpc) is 3.19. The molecule has 26 heavy (non-hydrogen) atoms. The number of amides is 1. The van der Waals surface area contributed by atoms with Crippen LogP contribution in [-0.2, 0) is 4.79 Å². The van der Waals surface area contributed by atoms with Crippen molar-refractivity contribution in [3.8, 4) is 0 Å². The summed E-state index contributed by atoms with van der Waals surface area (Å²) in [6.07, 6.45) is 6.38. The summed E-state index contributed by atoms with van der Waals surface area (Å²) in [4.78, 5) is 12.5. The van der Waals surface area contributed by atoms with Gasteiger partial charge in [-0.3, -0.25) is 4.79 Å². The van der Waals surface area contributed by atoms with Gasteiger partial charge in [0.2, 0.25) is 5.91 Å². The van der Waals surface area contributed by atoms with E-state index in [4.69, 9.17) is 12.2 Å². The molecule has 1 heterocycles. The Bertz CT molecular complexity index is 603. The number of thiocarbonyl (C=S) groups is 1. The second kappa shape index (κ2) is 9.33. The van der Waals surface area contributed by atoms with E-state index in [1.54, 1.807) is 0 Å². The molecule has 2 aliphatic rings. The first-order valence-electron chi connectivity index (χ1n) is 9.79. The molecular formula is C20H30N4OS. The summed E-state index contributed by atoms with van der Waals surface area (Å²) < 4.78 is 0. The van der Waals surface area contributed by atoms with Crippen LogP contribution in [0.5, 0.6) is 0 Å². The van der Waals surface area contributed by atoms with Gasteiger partial charge in [0, 0.05) is 12.1 Å². The zero-order chi connectivity index (χ0) is 18.4. The Labute approximate surface area is 161 Å². The first-order valence-corrected chi connectivity index (χ1v) is 10.2. The topological polar surface area (TPSA) is 65.2 Å². The Balaban J connectivity index is 1.52. The molecule has 4 N–H and O–H groups in total. The van der Waals surface area contributed by atoms with Gasteiger partial charge in [-0.25, -0.2) is 0 Å². The smallest absolute Gasteiger partial charge is 0.237 e. The SMILES string of the molecule is C[C@@H](NC(=S)N[C@H]1CCCC[C@@H]1NC(=O)[C@@H]1CCCN1)c1ccccc1. The molecule has 2 fully saturated rings. The van der Waals surface area contributed by atoms with E-state index < -0.39 is 0 Å². The third-order valence-corrected chi connectivity index (χ3v) is 5.67. The second-order valence-corrected chi connectivity index (χ2v) is 7.81. The lowest BCUT2D eigenvalue weighted by Crippen LogP contribution is -2.57. The first kappa shape index (κ1) is 19.1. The third kappa shape index (κ3) is 5.17. The highest BCUT2D eigenvalue weighted by Crippen LogP contribution is 2.20. The predicted octanol–water partition coefficient (Wildman–Crippen LogP) is 2.39. The zero-order valence-corrected chi connectivity index (χ0v) is 16.3. The number of rotatable bonds is 5. The Hall–Kier alpha value is -1.66. The van der Waals surface area contributed by atoms with Crippen LogP contribution < -0.4 is 21.3 Å². The standard InChI is InChI=1S/C20H30N4OS/c1-14(15-8-3-2-4-9-15)22-20(26)24-17-11-6-5-10-16(17)23-19(25)18-12-7-13-21-18/h2-4,8-9,14,16-18,21H,5-7,10-13H2,1H3,(H,23,25)(H2,22,24,26)/t14-,16+,17+,18+/m1/s1. The highest BCUT2D eigenvalue weighted by molar-refractivity contribution is 7.80. The molecule has 1 aliphatic carbocycles. The summed E-state index contributed by atoms with van der Waals surface area (Å²) in [6, 6.07) is 10.7. The molecule has 3 rings (SSSR count). The monoisotopic (exact) mass is 374 g/mol. The highest BCUT2D eigenvalue weighted by atomic mass is 32.1. The number of nitrogens with one attached hydrogen (secondary N) is 4. The van der Waals surface area contributed by atoms with Crippen LogP contribution in [0, 0.1) is 0 Å². The van der Waals surface area contributed by atoms with Gasteiger partial charge >= 0.3 is 0 Å². The summed E-state index contributed by atoms with van der Waals surface area (Å²) >= 11 is 5.54. The molecular weight excluding hydrogens is 344 g/mol. The number of carbonyl (C=O) groups is 1. The van der Waals surface area contributed by atoms with Crippen molar-refractivity contribution in [2.24, 2.45) is 0 Å². The molecule has 0 aromatic heterocycles. The number of benzene rings is 1. The zero-order valence-electron chi connectivity index (χ0n) is 15.5. The minimum absolute atomic E-state index is 0.0271. The fraction of sp³-hybridized carbons (Fsp3) is 0.600. The van der Waals surface area contributed by atoms with Crippen LogP contribution >= 0.6 is 12.2 Å². The normalized spacial score (nSPS) is 26.7. The van der Waals surface area contributed by atoms with Gasteiger partial charge in [0.1, 0.15) is 0 Å². The Kier molecular flexibility index (Phi) is 6.86. The van der Waals surface area contributed by atoms with E-state index in [-0.39, 0.29) is 30.1 Å². The summed E-state index contributed by atoms with van der Waals surface area (Å²) in [5.41, 5.74) is 1.21. The van der Waals surface area contributed by atoms with Crippen LogP contribution in [0.25, 0.3) is 0 Å². The van der Waals surface area contributed by atoms with Crippen LogP contribution in [-0.4, -0.2) is 35.7 Å². The molecule has 0 spiro atoms. The second-order valence-electron chi connectivity index (χ2n) is 7.41. The number of hydrogen-bond donors (Lipinski definition) is 4. The Morgan fingerprint density at radius 1 is 1.08 bits per heavy atom. The largest absolute Gasteiger partial charge is 0.358 e. The maximum atomic E-state index is 12.5. The average molecular weight is 375 g/mol. The van der Waals surface area contributed by atoms with Gasteiger partial charge in [-0.1, -0.05) is 43.2 Å². The van der Waals surface area contributed by atoms with Crippen LogP contribution in [0.15, 0.2) is 30.3 Å². The van der Waals surface area contributed by atoms with E-state index in [0.717, 1.165) is 38.6 Å². The van der Waals surface area contributed by atoms with Crippen LogP contribution in [0.4, 0.5) is 0 Å². The third-order valence-electron chi connectivity index (χ3n) is 5.43. The molecule has 142 valence electrons. The quantitative estimate of drug-likeness (QED) is 0.596. The number of hydrogen-bond acceptors (Lipinski definition) is 3. The lowest BCUT2D eigenvalue weighted by Gasteiger charge is -2.34. The summed E-state index contributed by atoms with van der Waals surface area (Å²) in [6.45, 7) is 3.05.